The van der Waals surface area contributed by atoms with Gasteiger partial charge in [-0.2, -0.15) is 0 Å². The Morgan fingerprint density at radius 2 is 1.33 bits per heavy atom. The van der Waals surface area contributed by atoms with Gasteiger partial charge in [0.2, 0.25) is 0 Å². The second-order valence-corrected chi connectivity index (χ2v) is 4.96. The van der Waals surface area contributed by atoms with Crippen molar-refractivity contribution in [1.82, 2.24) is 0 Å². The number of ether oxygens (including phenoxy) is 4. The first-order chi connectivity index (χ1) is 10.3. The third-order valence-corrected chi connectivity index (χ3v) is 3.03. The number of unbranched alkanes of at least 4 members (excludes halogenated alkanes) is 5. The number of carbonyl (C=O) groups is 1. The van der Waals surface area contributed by atoms with Gasteiger partial charge in [-0.25, -0.2) is 0 Å². The number of methoxy groups -OCH3 is 1. The van der Waals surface area contributed by atoms with Crippen LogP contribution in [0.15, 0.2) is 0 Å². The summed E-state index contributed by atoms with van der Waals surface area (Å²) >= 11 is 0. The van der Waals surface area contributed by atoms with E-state index in [1.165, 1.54) is 25.7 Å². The molecule has 0 aromatic carbocycles. The fourth-order valence-electron chi connectivity index (χ4n) is 1.80. The highest BCUT2D eigenvalue weighted by Gasteiger charge is 2.02. The number of carbonyl (C=O) groups excluding carboxylic acids is 1. The second-order valence-electron chi connectivity index (χ2n) is 4.96. The lowest BCUT2D eigenvalue weighted by Crippen LogP contribution is -2.13. The minimum atomic E-state index is -0.120. The van der Waals surface area contributed by atoms with E-state index in [0.29, 0.717) is 46.1 Å². The fraction of sp³-hybridized carbons (Fsp3) is 0.938. The summed E-state index contributed by atoms with van der Waals surface area (Å²) < 4.78 is 20.5. The van der Waals surface area contributed by atoms with Gasteiger partial charge in [-0.1, -0.05) is 39.0 Å². The van der Waals surface area contributed by atoms with Crippen molar-refractivity contribution in [2.24, 2.45) is 0 Å². The second kappa shape index (κ2) is 17.4. The van der Waals surface area contributed by atoms with E-state index in [0.717, 1.165) is 12.8 Å². The highest BCUT2D eigenvalue weighted by molar-refractivity contribution is 5.69. The Morgan fingerprint density at radius 1 is 0.762 bits per heavy atom. The summed E-state index contributed by atoms with van der Waals surface area (Å²) in [6.45, 7) is 5.17. The van der Waals surface area contributed by atoms with E-state index < -0.39 is 0 Å². The van der Waals surface area contributed by atoms with Gasteiger partial charge in [0.15, 0.2) is 0 Å². The van der Waals surface area contributed by atoms with E-state index in [9.17, 15) is 4.79 Å². The molecule has 5 nitrogen and oxygen atoms in total. The van der Waals surface area contributed by atoms with Crippen LogP contribution < -0.4 is 0 Å². The van der Waals surface area contributed by atoms with Crippen LogP contribution in [0.3, 0.4) is 0 Å². The van der Waals surface area contributed by atoms with Crippen molar-refractivity contribution in [2.45, 2.75) is 51.9 Å². The van der Waals surface area contributed by atoms with E-state index in [4.69, 9.17) is 18.9 Å². The van der Waals surface area contributed by atoms with E-state index >= 15 is 0 Å². The third-order valence-electron chi connectivity index (χ3n) is 3.03. The Kier molecular flexibility index (Phi) is 16.9. The largest absolute Gasteiger partial charge is 0.463 e. The number of hydrogen-bond acceptors (Lipinski definition) is 5. The van der Waals surface area contributed by atoms with Crippen molar-refractivity contribution < 1.29 is 23.7 Å². The van der Waals surface area contributed by atoms with E-state index in [2.05, 4.69) is 6.92 Å². The summed E-state index contributed by atoms with van der Waals surface area (Å²) in [7, 11) is 1.64. The number of hydrogen-bond donors (Lipinski definition) is 0. The predicted molar refractivity (Wildman–Crippen MR) is 82.5 cm³/mol. The molecule has 0 unspecified atom stereocenters. The standard InChI is InChI=1S/C16H32O5/c1-3-4-5-6-7-8-9-16(17)21-15-14-20-13-12-19-11-10-18-2/h3-15H2,1-2H3. The average Bonchev–Trinajstić information content (AvgIpc) is 2.49. The van der Waals surface area contributed by atoms with Crippen molar-refractivity contribution in [3.63, 3.8) is 0 Å². The monoisotopic (exact) mass is 304 g/mol. The maximum atomic E-state index is 11.4. The lowest BCUT2D eigenvalue weighted by molar-refractivity contribution is -0.145. The topological polar surface area (TPSA) is 54.0 Å². The molecule has 0 radical (unpaired) electrons. The molecule has 0 saturated heterocycles. The summed E-state index contributed by atoms with van der Waals surface area (Å²) in [4.78, 5) is 11.4. The van der Waals surface area contributed by atoms with Gasteiger partial charge in [-0.15, -0.1) is 0 Å². The predicted octanol–water partition coefficient (Wildman–Crippen LogP) is 2.96. The molecule has 5 heteroatoms. The molecule has 0 aromatic heterocycles. The Bertz CT molecular complexity index is 221. The molecule has 0 spiro atoms. The van der Waals surface area contributed by atoms with Crippen LogP contribution in [-0.4, -0.2) is 52.7 Å². The van der Waals surface area contributed by atoms with Crippen molar-refractivity contribution >= 4 is 5.97 Å². The molecule has 0 aliphatic carbocycles. The SMILES string of the molecule is CCCCCCCCC(=O)OCCOCCOCCOC. The Hall–Kier alpha value is -0.650. The Morgan fingerprint density at radius 3 is 2.00 bits per heavy atom. The molecular formula is C16H32O5. The van der Waals surface area contributed by atoms with Crippen LogP contribution in [0.4, 0.5) is 0 Å². The molecule has 0 bridgehead atoms. The fourth-order valence-corrected chi connectivity index (χ4v) is 1.80. The smallest absolute Gasteiger partial charge is 0.305 e. The van der Waals surface area contributed by atoms with Gasteiger partial charge >= 0.3 is 5.97 Å². The van der Waals surface area contributed by atoms with Gasteiger partial charge in [0.05, 0.1) is 33.0 Å². The van der Waals surface area contributed by atoms with Gasteiger partial charge in [0.25, 0.3) is 0 Å². The Balaban J connectivity index is 3.12. The van der Waals surface area contributed by atoms with Crippen LogP contribution in [-0.2, 0) is 23.7 Å². The molecule has 0 aliphatic rings. The quantitative estimate of drug-likeness (QED) is 0.324. The van der Waals surface area contributed by atoms with E-state index in [-0.39, 0.29) is 5.97 Å². The number of rotatable bonds is 16. The van der Waals surface area contributed by atoms with Crippen LogP contribution in [0.25, 0.3) is 0 Å². The molecule has 0 N–H and O–H groups in total. The van der Waals surface area contributed by atoms with Crippen molar-refractivity contribution in [2.75, 3.05) is 46.8 Å². The maximum absolute atomic E-state index is 11.4. The highest BCUT2D eigenvalue weighted by Crippen LogP contribution is 2.07. The molecule has 0 saturated carbocycles. The van der Waals surface area contributed by atoms with Crippen molar-refractivity contribution in [3.8, 4) is 0 Å². The molecule has 0 aromatic rings. The third kappa shape index (κ3) is 17.3. The lowest BCUT2D eigenvalue weighted by atomic mass is 10.1. The highest BCUT2D eigenvalue weighted by atomic mass is 16.6. The molecular weight excluding hydrogens is 272 g/mol. The Labute approximate surface area is 129 Å². The van der Waals surface area contributed by atoms with Gasteiger partial charge in [-0.05, 0) is 6.42 Å². The first-order valence-electron chi connectivity index (χ1n) is 8.11. The summed E-state index contributed by atoms with van der Waals surface area (Å²) in [5, 5.41) is 0. The van der Waals surface area contributed by atoms with Gasteiger partial charge in [0.1, 0.15) is 6.61 Å². The molecule has 0 heterocycles. The van der Waals surface area contributed by atoms with Crippen molar-refractivity contribution in [1.29, 1.82) is 0 Å². The van der Waals surface area contributed by atoms with Crippen LogP contribution >= 0.6 is 0 Å². The summed E-state index contributed by atoms with van der Waals surface area (Å²) in [5.74, 6) is -0.120. The molecule has 21 heavy (non-hydrogen) atoms. The minimum absolute atomic E-state index is 0.120. The van der Waals surface area contributed by atoms with Crippen LogP contribution in [0.1, 0.15) is 51.9 Å². The normalized spacial score (nSPS) is 10.8. The zero-order valence-electron chi connectivity index (χ0n) is 13.7. The summed E-state index contributed by atoms with van der Waals surface area (Å²) in [6, 6.07) is 0. The lowest BCUT2D eigenvalue weighted by Gasteiger charge is -2.07. The van der Waals surface area contributed by atoms with Gasteiger partial charge in [-0.3, -0.25) is 4.79 Å². The van der Waals surface area contributed by atoms with Crippen LogP contribution in [0, 0.1) is 0 Å². The maximum Gasteiger partial charge on any atom is 0.305 e. The first kappa shape index (κ1) is 20.3. The van der Waals surface area contributed by atoms with Gasteiger partial charge in [0, 0.05) is 13.5 Å². The van der Waals surface area contributed by atoms with Crippen LogP contribution in [0.2, 0.25) is 0 Å². The molecule has 0 aliphatic heterocycles. The van der Waals surface area contributed by atoms with Crippen molar-refractivity contribution in [3.05, 3.63) is 0 Å². The number of esters is 1. The average molecular weight is 304 g/mol. The zero-order chi connectivity index (χ0) is 15.6. The minimum Gasteiger partial charge on any atom is -0.463 e. The molecule has 126 valence electrons. The molecule has 0 fully saturated rings. The van der Waals surface area contributed by atoms with E-state index in [1.807, 2.05) is 0 Å². The summed E-state index contributed by atoms with van der Waals surface area (Å²) in [6.07, 6.45) is 7.59. The van der Waals surface area contributed by atoms with E-state index in [1.54, 1.807) is 7.11 Å². The first-order valence-corrected chi connectivity index (χ1v) is 8.11. The van der Waals surface area contributed by atoms with Gasteiger partial charge < -0.3 is 18.9 Å². The molecule has 0 rings (SSSR count). The summed E-state index contributed by atoms with van der Waals surface area (Å²) in [5.41, 5.74) is 0. The zero-order valence-corrected chi connectivity index (χ0v) is 13.7. The molecule has 0 atom stereocenters. The molecule has 0 amide bonds. The van der Waals surface area contributed by atoms with Crippen LogP contribution in [0.5, 0.6) is 0 Å².